The van der Waals surface area contributed by atoms with Crippen molar-refractivity contribution in [3.8, 4) is 5.75 Å². The summed E-state index contributed by atoms with van der Waals surface area (Å²) in [4.78, 5) is 31.2. The quantitative estimate of drug-likeness (QED) is 0.615. The molecule has 2 heterocycles. The lowest BCUT2D eigenvalue weighted by Gasteiger charge is -2.15. The zero-order chi connectivity index (χ0) is 18.8. The summed E-state index contributed by atoms with van der Waals surface area (Å²) in [6, 6.07) is 3.31. The smallest absolute Gasteiger partial charge is 0.308 e. The van der Waals surface area contributed by atoms with Gasteiger partial charge in [0, 0.05) is 25.0 Å². The minimum atomic E-state index is -0.964. The molecule has 28 heavy (non-hydrogen) atoms. The molecule has 0 bridgehead atoms. The molecule has 2 aromatic heterocycles. The Morgan fingerprint density at radius 3 is 2.57 bits per heavy atom. The Morgan fingerprint density at radius 1 is 1.32 bits per heavy atom. The van der Waals surface area contributed by atoms with Gasteiger partial charge in [-0.25, -0.2) is 9.97 Å². The summed E-state index contributed by atoms with van der Waals surface area (Å²) >= 11 is 7.33. The molecule has 9 heteroatoms. The molecule has 1 N–H and O–H groups in total. The number of carbonyl (C=O) groups is 1. The van der Waals surface area contributed by atoms with Crippen LogP contribution in [0.3, 0.4) is 0 Å². The molecule has 7 nitrogen and oxygen atoms in total. The van der Waals surface area contributed by atoms with E-state index in [1.807, 2.05) is 13.8 Å². The number of aromatic nitrogens is 3. The summed E-state index contributed by atoms with van der Waals surface area (Å²) in [6.45, 7) is 3.81. The van der Waals surface area contributed by atoms with E-state index in [2.05, 4.69) is 9.97 Å². The Hall–Kier alpha value is -2.45. The highest BCUT2D eigenvalue weighted by Crippen LogP contribution is 2.34. The van der Waals surface area contributed by atoms with Crippen molar-refractivity contribution in [2.45, 2.75) is 47.8 Å². The van der Waals surface area contributed by atoms with Gasteiger partial charge in [-0.3, -0.25) is 14.2 Å². The van der Waals surface area contributed by atoms with Crippen LogP contribution in [0.25, 0.3) is 10.2 Å². The zero-order valence-corrected chi connectivity index (χ0v) is 15.7. The van der Waals surface area contributed by atoms with Gasteiger partial charge in [0.25, 0.3) is 0 Å². The number of hydrogen-bond donors (Lipinski definition) is 1. The first-order valence-corrected chi connectivity index (χ1v) is 9.04. The second-order valence-electron chi connectivity index (χ2n) is 5.79. The number of benzene rings is 1. The highest BCUT2D eigenvalue weighted by molar-refractivity contribution is 7.16. The van der Waals surface area contributed by atoms with Gasteiger partial charge in [0.2, 0.25) is 0 Å². The van der Waals surface area contributed by atoms with Crippen LogP contribution in [0.1, 0.15) is 45.7 Å². The molecule has 1 aromatic carbocycles. The van der Waals surface area contributed by atoms with Crippen molar-refractivity contribution in [2.75, 3.05) is 0 Å². The van der Waals surface area contributed by atoms with E-state index in [9.17, 15) is 9.59 Å². The molecule has 0 fully saturated rings. The zero-order valence-electron chi connectivity index (χ0n) is 14.1. The lowest BCUT2D eigenvalue weighted by Crippen LogP contribution is -2.15. The van der Waals surface area contributed by atoms with Crippen LogP contribution in [-0.4, -0.2) is 25.6 Å². The van der Waals surface area contributed by atoms with E-state index in [-0.39, 0.29) is 32.7 Å². The van der Waals surface area contributed by atoms with E-state index in [1.165, 1.54) is 4.57 Å². The minimum absolute atomic E-state index is 0. The van der Waals surface area contributed by atoms with Gasteiger partial charge in [0.05, 0.1) is 21.7 Å². The lowest BCUT2D eigenvalue weighted by atomic mass is 10.3. The number of hydrogen-bond acceptors (Lipinski definition) is 6. The third kappa shape index (κ3) is 5.08. The Labute approximate surface area is 172 Å². The van der Waals surface area contributed by atoms with Gasteiger partial charge in [-0.2, -0.15) is 0 Å². The highest BCUT2D eigenvalue weighted by atomic mass is 35.5. The summed E-state index contributed by atoms with van der Waals surface area (Å²) in [7, 11) is 0. The number of rotatable bonds is 6. The normalized spacial score (nSPS) is 11.4. The molecule has 0 saturated heterocycles. The monoisotopic (exact) mass is 425 g/mol. The number of halogens is 1. The van der Waals surface area contributed by atoms with Crippen LogP contribution >= 0.6 is 22.9 Å². The van der Waals surface area contributed by atoms with E-state index in [0.29, 0.717) is 26.8 Å². The Balaban J connectivity index is 0.00000196. The fourth-order valence-electron chi connectivity index (χ4n) is 2.43. The van der Waals surface area contributed by atoms with Crippen LogP contribution in [0.15, 0.2) is 29.3 Å². The van der Waals surface area contributed by atoms with Gasteiger partial charge < -0.3 is 9.84 Å². The number of aliphatic carboxylic acids is 1. The topological polar surface area (TPSA) is 94.3 Å². The van der Waals surface area contributed by atoms with Crippen LogP contribution < -0.4 is 9.61 Å². The van der Waals surface area contributed by atoms with E-state index < -0.39 is 12.1 Å². The van der Waals surface area contributed by atoms with Crippen LogP contribution in [0.2, 0.25) is 5.02 Å². The maximum absolute atomic E-state index is 12.1. The summed E-state index contributed by atoms with van der Waals surface area (Å²) < 4.78 is 7.96. The second-order valence-corrected chi connectivity index (χ2v) is 7.19. The number of ether oxygens (including phenoxy) is 1. The maximum Gasteiger partial charge on any atom is 0.308 e. The predicted molar refractivity (Wildman–Crippen MR) is 113 cm³/mol. The average Bonchev–Trinajstić information content (AvgIpc) is 2.88. The van der Waals surface area contributed by atoms with Crippen LogP contribution in [0, 0.1) is 6.92 Å². The summed E-state index contributed by atoms with van der Waals surface area (Å²) in [5.74, 6) is -0.0179. The standard InChI is InChI=1S/C17H16ClN3O4S.2CH4/c1-9-7-19-16(20-8-9)10(2)25-13-6-14-12(5-11(13)18)21(17(24)26-14)4-3-15(22)23;;/h5-8,10H,3-4H2,1-2H3,(H,22,23);2*1H4/t10-;;/m0../s1. The molecule has 152 valence electrons. The van der Waals surface area contributed by atoms with Crippen molar-refractivity contribution < 1.29 is 14.6 Å². The Bertz CT molecular complexity index is 1010. The van der Waals surface area contributed by atoms with Crippen molar-refractivity contribution in [3.05, 3.63) is 50.6 Å². The van der Waals surface area contributed by atoms with E-state index in [4.69, 9.17) is 21.4 Å². The van der Waals surface area contributed by atoms with Gasteiger partial charge in [-0.1, -0.05) is 37.8 Å². The highest BCUT2D eigenvalue weighted by Gasteiger charge is 2.16. The van der Waals surface area contributed by atoms with Crippen molar-refractivity contribution in [2.24, 2.45) is 0 Å². The largest absolute Gasteiger partial charge is 0.481 e. The van der Waals surface area contributed by atoms with E-state index in [0.717, 1.165) is 16.9 Å². The third-order valence-corrected chi connectivity index (χ3v) is 4.98. The first kappa shape index (κ1) is 23.6. The average molecular weight is 426 g/mol. The maximum atomic E-state index is 12.1. The third-order valence-electron chi connectivity index (χ3n) is 3.74. The molecule has 0 radical (unpaired) electrons. The number of nitrogens with zero attached hydrogens (tertiary/aromatic N) is 3. The molecule has 0 saturated carbocycles. The van der Waals surface area contributed by atoms with Crippen molar-refractivity contribution in [1.29, 1.82) is 0 Å². The molecule has 0 spiro atoms. The summed E-state index contributed by atoms with van der Waals surface area (Å²) in [5, 5.41) is 9.16. The summed E-state index contributed by atoms with van der Waals surface area (Å²) in [5.41, 5.74) is 1.55. The summed E-state index contributed by atoms with van der Waals surface area (Å²) in [6.07, 6.45) is 2.86. The second kappa shape index (κ2) is 9.66. The molecular weight excluding hydrogens is 402 g/mol. The first-order chi connectivity index (χ1) is 12.3. The Kier molecular flexibility index (Phi) is 8.14. The number of fused-ring (bicyclic) bond motifs is 1. The predicted octanol–water partition coefficient (Wildman–Crippen LogP) is 4.70. The van der Waals surface area contributed by atoms with Gasteiger partial charge in [-0.15, -0.1) is 0 Å². The van der Waals surface area contributed by atoms with E-state index >= 15 is 0 Å². The van der Waals surface area contributed by atoms with Crippen LogP contribution in [-0.2, 0) is 11.3 Å². The molecule has 0 aliphatic heterocycles. The number of aryl methyl sites for hydroxylation is 2. The number of carboxylic acids is 1. The number of carboxylic acid groups (broad SMARTS) is 1. The van der Waals surface area contributed by atoms with Crippen molar-refractivity contribution >= 4 is 39.1 Å². The molecule has 0 amide bonds. The number of thiazole rings is 1. The van der Waals surface area contributed by atoms with Gasteiger partial charge in [-0.05, 0) is 25.5 Å². The molecule has 1 atom stereocenters. The molecule has 3 aromatic rings. The fraction of sp³-hybridized carbons (Fsp3) is 0.368. The molecular formula is C19H24ClN3O4S. The van der Waals surface area contributed by atoms with Crippen LogP contribution in [0.4, 0.5) is 0 Å². The molecule has 3 rings (SSSR count). The first-order valence-electron chi connectivity index (χ1n) is 7.85. The molecule has 0 aliphatic rings. The van der Waals surface area contributed by atoms with Crippen molar-refractivity contribution in [1.82, 2.24) is 14.5 Å². The van der Waals surface area contributed by atoms with Crippen molar-refractivity contribution in [3.63, 3.8) is 0 Å². The molecule has 0 unspecified atom stereocenters. The minimum Gasteiger partial charge on any atom is -0.481 e. The van der Waals surface area contributed by atoms with Gasteiger partial charge in [0.1, 0.15) is 5.75 Å². The van der Waals surface area contributed by atoms with Gasteiger partial charge in [0.15, 0.2) is 11.9 Å². The van der Waals surface area contributed by atoms with E-state index in [1.54, 1.807) is 24.5 Å². The SMILES string of the molecule is C.C.Cc1cnc([C@H](C)Oc2cc3sc(=O)n(CCC(=O)O)c3cc2Cl)nc1. The fourth-order valence-corrected chi connectivity index (χ4v) is 3.56. The Morgan fingerprint density at radius 2 is 1.96 bits per heavy atom. The molecule has 0 aliphatic carbocycles. The van der Waals surface area contributed by atoms with Gasteiger partial charge >= 0.3 is 10.8 Å². The van der Waals surface area contributed by atoms with Crippen LogP contribution in [0.5, 0.6) is 5.75 Å². The lowest BCUT2D eigenvalue weighted by molar-refractivity contribution is -0.137.